The number of esters is 2. The van der Waals surface area contributed by atoms with Crippen molar-refractivity contribution in [2.75, 3.05) is 27.4 Å². The Balaban J connectivity index is 2.60. The van der Waals surface area contributed by atoms with Crippen molar-refractivity contribution in [1.82, 2.24) is 4.90 Å². The molecule has 0 fully saturated rings. The van der Waals surface area contributed by atoms with Crippen molar-refractivity contribution in [1.29, 1.82) is 0 Å². The van der Waals surface area contributed by atoms with Crippen LogP contribution in [0.15, 0.2) is 46.8 Å². The summed E-state index contributed by atoms with van der Waals surface area (Å²) in [5.41, 5.74) is 3.00. The molecule has 158 valence electrons. The SMILES string of the molecule is COCCOC(=O)C1=C(C)N(C)C(C)=C(C(=O)OC(C)C)C1c1ccc(Cl)cc1. The minimum Gasteiger partial charge on any atom is -0.460 e. The molecular formula is C22H28ClNO5. The summed E-state index contributed by atoms with van der Waals surface area (Å²) in [4.78, 5) is 27.9. The van der Waals surface area contributed by atoms with Crippen molar-refractivity contribution in [3.8, 4) is 0 Å². The Kier molecular flexibility index (Phi) is 7.88. The van der Waals surface area contributed by atoms with Gasteiger partial charge in [-0.1, -0.05) is 23.7 Å². The standard InChI is InChI=1S/C22H28ClNO5/c1-13(2)29-22(26)19-15(4)24(5)14(3)18(21(25)28-12-11-27-6)20(19)16-7-9-17(23)10-8-16/h7-10,13,20H,11-12H2,1-6H3. The van der Waals surface area contributed by atoms with Crippen LogP contribution in [0.1, 0.15) is 39.2 Å². The molecule has 0 saturated carbocycles. The molecule has 0 bridgehead atoms. The van der Waals surface area contributed by atoms with E-state index in [0.717, 1.165) is 11.3 Å². The predicted octanol–water partition coefficient (Wildman–Crippen LogP) is 4.06. The Morgan fingerprint density at radius 1 is 1.03 bits per heavy atom. The summed E-state index contributed by atoms with van der Waals surface area (Å²) in [6.45, 7) is 7.67. The van der Waals surface area contributed by atoms with Crippen molar-refractivity contribution < 1.29 is 23.8 Å². The number of allylic oxidation sites excluding steroid dienone is 2. The Morgan fingerprint density at radius 3 is 2.10 bits per heavy atom. The summed E-state index contributed by atoms with van der Waals surface area (Å²) in [7, 11) is 3.35. The van der Waals surface area contributed by atoms with E-state index in [2.05, 4.69) is 0 Å². The van der Waals surface area contributed by atoms with Gasteiger partial charge in [0, 0.05) is 30.6 Å². The molecule has 0 aromatic heterocycles. The minimum atomic E-state index is -0.621. The van der Waals surface area contributed by atoms with Gasteiger partial charge in [0.25, 0.3) is 0 Å². The average molecular weight is 422 g/mol. The lowest BCUT2D eigenvalue weighted by molar-refractivity contribution is -0.143. The fourth-order valence-corrected chi connectivity index (χ4v) is 3.39. The number of carbonyl (C=O) groups is 2. The molecule has 1 aromatic rings. The van der Waals surface area contributed by atoms with Crippen LogP contribution in [0.3, 0.4) is 0 Å². The van der Waals surface area contributed by atoms with E-state index in [1.165, 1.54) is 7.11 Å². The van der Waals surface area contributed by atoms with Crippen LogP contribution in [0, 0.1) is 0 Å². The number of nitrogens with zero attached hydrogens (tertiary/aromatic N) is 1. The zero-order valence-electron chi connectivity index (χ0n) is 17.7. The van der Waals surface area contributed by atoms with Crippen LogP contribution in [0.5, 0.6) is 0 Å². The molecule has 2 rings (SSSR count). The van der Waals surface area contributed by atoms with E-state index >= 15 is 0 Å². The Morgan fingerprint density at radius 2 is 1.59 bits per heavy atom. The Bertz CT molecular complexity index is 826. The highest BCUT2D eigenvalue weighted by Crippen LogP contribution is 2.42. The van der Waals surface area contributed by atoms with Crippen LogP contribution in [-0.4, -0.2) is 50.3 Å². The largest absolute Gasteiger partial charge is 0.460 e. The number of ether oxygens (including phenoxy) is 3. The third-order valence-electron chi connectivity index (χ3n) is 4.87. The molecule has 1 atom stereocenters. The summed E-state index contributed by atoms with van der Waals surface area (Å²) in [6, 6.07) is 7.09. The van der Waals surface area contributed by atoms with E-state index in [-0.39, 0.29) is 19.3 Å². The number of carbonyl (C=O) groups excluding carboxylic acids is 2. The van der Waals surface area contributed by atoms with Gasteiger partial charge < -0.3 is 19.1 Å². The van der Waals surface area contributed by atoms with Gasteiger partial charge in [-0.25, -0.2) is 9.59 Å². The van der Waals surface area contributed by atoms with Crippen molar-refractivity contribution in [3.05, 3.63) is 57.4 Å². The van der Waals surface area contributed by atoms with Crippen LogP contribution in [0.2, 0.25) is 5.02 Å². The van der Waals surface area contributed by atoms with Crippen LogP contribution in [0.4, 0.5) is 0 Å². The monoisotopic (exact) mass is 421 g/mol. The molecule has 7 heteroatoms. The fraction of sp³-hybridized carbons (Fsp3) is 0.455. The molecule has 0 spiro atoms. The first-order valence-electron chi connectivity index (χ1n) is 9.46. The van der Waals surface area contributed by atoms with Gasteiger partial charge in [-0.2, -0.15) is 0 Å². The molecule has 1 aromatic carbocycles. The molecule has 0 aliphatic carbocycles. The molecule has 1 aliphatic heterocycles. The summed E-state index contributed by atoms with van der Waals surface area (Å²) in [6.07, 6.45) is -0.289. The highest BCUT2D eigenvalue weighted by atomic mass is 35.5. The fourth-order valence-electron chi connectivity index (χ4n) is 3.27. The third-order valence-corrected chi connectivity index (χ3v) is 5.12. The first-order chi connectivity index (χ1) is 13.7. The Labute approximate surface area is 177 Å². The Hall–Kier alpha value is -2.31. The first kappa shape index (κ1) is 23.0. The first-order valence-corrected chi connectivity index (χ1v) is 9.84. The second-order valence-corrected chi connectivity index (χ2v) is 7.56. The van der Waals surface area contributed by atoms with Gasteiger partial charge >= 0.3 is 11.9 Å². The summed E-state index contributed by atoms with van der Waals surface area (Å²) >= 11 is 6.05. The highest BCUT2D eigenvalue weighted by molar-refractivity contribution is 6.30. The lowest BCUT2D eigenvalue weighted by Crippen LogP contribution is -2.34. The number of halogens is 1. The lowest BCUT2D eigenvalue weighted by atomic mass is 9.80. The van der Waals surface area contributed by atoms with Crippen LogP contribution < -0.4 is 0 Å². The number of benzene rings is 1. The predicted molar refractivity (Wildman–Crippen MR) is 111 cm³/mol. The second-order valence-electron chi connectivity index (χ2n) is 7.12. The molecular weight excluding hydrogens is 394 g/mol. The third kappa shape index (κ3) is 5.19. The van der Waals surface area contributed by atoms with Gasteiger partial charge in [0.2, 0.25) is 0 Å². The average Bonchev–Trinajstić information content (AvgIpc) is 2.66. The molecule has 0 amide bonds. The molecule has 1 aliphatic rings. The van der Waals surface area contributed by atoms with E-state index in [4.69, 9.17) is 25.8 Å². The van der Waals surface area contributed by atoms with Crippen molar-refractivity contribution in [2.24, 2.45) is 0 Å². The summed E-state index contributed by atoms with van der Waals surface area (Å²) in [5, 5.41) is 0.568. The molecule has 0 saturated heterocycles. The highest BCUT2D eigenvalue weighted by Gasteiger charge is 2.39. The lowest BCUT2D eigenvalue weighted by Gasteiger charge is -2.36. The molecule has 1 heterocycles. The molecule has 0 radical (unpaired) electrons. The maximum atomic E-state index is 13.0. The topological polar surface area (TPSA) is 65.1 Å². The van der Waals surface area contributed by atoms with E-state index < -0.39 is 17.9 Å². The van der Waals surface area contributed by atoms with E-state index in [9.17, 15) is 9.59 Å². The van der Waals surface area contributed by atoms with Gasteiger partial charge in [0.15, 0.2) is 0 Å². The van der Waals surface area contributed by atoms with Gasteiger partial charge in [0.05, 0.1) is 29.8 Å². The van der Waals surface area contributed by atoms with Crippen molar-refractivity contribution >= 4 is 23.5 Å². The smallest absolute Gasteiger partial charge is 0.337 e. The normalized spacial score (nSPS) is 17.1. The number of hydrogen-bond donors (Lipinski definition) is 0. The number of methoxy groups -OCH3 is 1. The maximum Gasteiger partial charge on any atom is 0.337 e. The molecule has 29 heavy (non-hydrogen) atoms. The van der Waals surface area contributed by atoms with Crippen molar-refractivity contribution in [3.63, 3.8) is 0 Å². The zero-order valence-corrected chi connectivity index (χ0v) is 18.5. The van der Waals surface area contributed by atoms with Gasteiger partial charge in [-0.3, -0.25) is 0 Å². The quantitative estimate of drug-likeness (QED) is 0.488. The van der Waals surface area contributed by atoms with Crippen LogP contribution in [-0.2, 0) is 23.8 Å². The minimum absolute atomic E-state index is 0.123. The van der Waals surface area contributed by atoms with Gasteiger partial charge in [0.1, 0.15) is 6.61 Å². The zero-order chi connectivity index (χ0) is 21.7. The summed E-state index contributed by atoms with van der Waals surface area (Å²) in [5.74, 6) is -1.57. The van der Waals surface area contributed by atoms with Gasteiger partial charge in [-0.15, -0.1) is 0 Å². The van der Waals surface area contributed by atoms with Crippen molar-refractivity contribution in [2.45, 2.75) is 39.7 Å². The van der Waals surface area contributed by atoms with Gasteiger partial charge in [-0.05, 0) is 45.4 Å². The number of hydrogen-bond acceptors (Lipinski definition) is 6. The molecule has 6 nitrogen and oxygen atoms in total. The van der Waals surface area contributed by atoms with E-state index in [1.807, 2.05) is 37.9 Å². The number of rotatable bonds is 7. The second kappa shape index (κ2) is 9.94. The molecule has 0 N–H and O–H groups in total. The maximum absolute atomic E-state index is 13.0. The van der Waals surface area contributed by atoms with E-state index in [0.29, 0.717) is 21.9 Å². The van der Waals surface area contributed by atoms with E-state index in [1.54, 1.807) is 26.0 Å². The van der Waals surface area contributed by atoms with Crippen LogP contribution >= 0.6 is 11.6 Å². The van der Waals surface area contributed by atoms with Crippen LogP contribution in [0.25, 0.3) is 0 Å². The summed E-state index contributed by atoms with van der Waals surface area (Å²) < 4.78 is 15.9. The molecule has 1 unspecified atom stereocenters.